The van der Waals surface area contributed by atoms with Gasteiger partial charge in [0.1, 0.15) is 5.75 Å². The zero-order valence-electron chi connectivity index (χ0n) is 13.7. The third-order valence-electron chi connectivity index (χ3n) is 4.77. The molecule has 118 valence electrons. The Kier molecular flexibility index (Phi) is 3.03. The molecule has 1 aliphatic heterocycles. The van der Waals surface area contributed by atoms with Crippen molar-refractivity contribution in [1.82, 2.24) is 4.57 Å². The van der Waals surface area contributed by atoms with Gasteiger partial charge in [0.25, 0.3) is 0 Å². The number of hydrogen-bond acceptors (Lipinski definition) is 2. The quantitative estimate of drug-likeness (QED) is 0.707. The van der Waals surface area contributed by atoms with Crippen LogP contribution in [0.1, 0.15) is 38.1 Å². The number of fused-ring (bicyclic) bond motifs is 3. The van der Waals surface area contributed by atoms with E-state index in [2.05, 4.69) is 43.5 Å². The van der Waals surface area contributed by atoms with Gasteiger partial charge in [0, 0.05) is 27.7 Å². The van der Waals surface area contributed by atoms with Crippen molar-refractivity contribution in [3.8, 4) is 11.4 Å². The van der Waals surface area contributed by atoms with E-state index in [4.69, 9.17) is 4.74 Å². The summed E-state index contributed by atoms with van der Waals surface area (Å²) in [5.41, 5.74) is 4.37. The fraction of sp³-hybridized carbons (Fsp3) is 0.300. The summed E-state index contributed by atoms with van der Waals surface area (Å²) < 4.78 is 8.29. The molecule has 0 spiro atoms. The fourth-order valence-corrected chi connectivity index (χ4v) is 3.74. The van der Waals surface area contributed by atoms with Gasteiger partial charge in [-0.1, -0.05) is 38.1 Å². The van der Waals surface area contributed by atoms with Crippen LogP contribution in [0.25, 0.3) is 16.6 Å². The molecule has 3 nitrogen and oxygen atoms in total. The Hall–Kier alpha value is -2.26. The summed E-state index contributed by atoms with van der Waals surface area (Å²) in [6, 6.07) is 16.1. The van der Waals surface area contributed by atoms with Gasteiger partial charge in [-0.15, -0.1) is 0 Å². The van der Waals surface area contributed by atoms with Gasteiger partial charge < -0.3 is 14.4 Å². The predicted octanol–water partition coefficient (Wildman–Crippen LogP) is 4.70. The van der Waals surface area contributed by atoms with Crippen LogP contribution < -0.4 is 0 Å². The highest BCUT2D eigenvalue weighted by atomic mass is 16.5. The molecule has 1 aromatic heterocycles. The lowest BCUT2D eigenvalue weighted by molar-refractivity contribution is 0.0168. The Morgan fingerprint density at radius 2 is 1.83 bits per heavy atom. The van der Waals surface area contributed by atoms with E-state index in [-0.39, 0.29) is 11.5 Å². The number of phenols is 1. The van der Waals surface area contributed by atoms with Gasteiger partial charge in [0.2, 0.25) is 0 Å². The van der Waals surface area contributed by atoms with Gasteiger partial charge >= 0.3 is 0 Å². The van der Waals surface area contributed by atoms with Crippen molar-refractivity contribution in [2.45, 2.75) is 32.3 Å². The molecular formula is C20H21NO2. The molecule has 1 aliphatic rings. The normalized spacial score (nSPS) is 19.7. The number of phenolic OH excluding ortho intramolecular Hbond substituents is 1. The van der Waals surface area contributed by atoms with Crippen molar-refractivity contribution >= 4 is 10.9 Å². The minimum absolute atomic E-state index is 0.0289. The molecule has 1 N–H and O–H groups in total. The zero-order chi connectivity index (χ0) is 16.2. The molecule has 0 aliphatic carbocycles. The highest BCUT2D eigenvalue weighted by Crippen LogP contribution is 2.47. The van der Waals surface area contributed by atoms with Gasteiger partial charge in [-0.2, -0.15) is 0 Å². The fourth-order valence-electron chi connectivity index (χ4n) is 3.74. The smallest absolute Gasteiger partial charge is 0.125 e. The van der Waals surface area contributed by atoms with Crippen LogP contribution in [0.15, 0.2) is 48.5 Å². The van der Waals surface area contributed by atoms with Crippen LogP contribution in [0, 0.1) is 0 Å². The average Bonchev–Trinajstić information content (AvgIpc) is 2.90. The van der Waals surface area contributed by atoms with E-state index in [1.54, 1.807) is 6.07 Å². The van der Waals surface area contributed by atoms with Gasteiger partial charge in [-0.05, 0) is 31.2 Å². The van der Waals surface area contributed by atoms with E-state index >= 15 is 0 Å². The predicted molar refractivity (Wildman–Crippen MR) is 92.3 cm³/mol. The van der Waals surface area contributed by atoms with Crippen molar-refractivity contribution in [3.63, 3.8) is 0 Å². The lowest BCUT2D eigenvalue weighted by atomic mass is 9.83. The van der Waals surface area contributed by atoms with Crippen LogP contribution in [0.5, 0.6) is 5.75 Å². The second kappa shape index (κ2) is 4.87. The number of nitrogens with zero attached hydrogens (tertiary/aromatic N) is 1. The van der Waals surface area contributed by atoms with E-state index in [1.807, 2.05) is 24.3 Å². The first-order chi connectivity index (χ1) is 11.0. The number of benzene rings is 2. The molecule has 0 saturated heterocycles. The van der Waals surface area contributed by atoms with Crippen LogP contribution in [-0.2, 0) is 10.2 Å². The third-order valence-corrected chi connectivity index (χ3v) is 4.77. The number of hydrogen-bond donors (Lipinski definition) is 1. The third kappa shape index (κ3) is 2.00. The largest absolute Gasteiger partial charge is 0.507 e. The molecule has 4 rings (SSSR count). The molecule has 1 unspecified atom stereocenters. The summed E-state index contributed by atoms with van der Waals surface area (Å²) >= 11 is 0. The first-order valence-electron chi connectivity index (χ1n) is 8.04. The van der Waals surface area contributed by atoms with Crippen LogP contribution in [0.2, 0.25) is 0 Å². The van der Waals surface area contributed by atoms with Gasteiger partial charge in [-0.25, -0.2) is 0 Å². The molecule has 0 fully saturated rings. The Bertz CT molecular complexity index is 878. The Balaban J connectivity index is 2.20. The molecule has 23 heavy (non-hydrogen) atoms. The molecule has 2 heterocycles. The van der Waals surface area contributed by atoms with Gasteiger partial charge in [0.05, 0.1) is 18.2 Å². The van der Waals surface area contributed by atoms with E-state index in [9.17, 15) is 5.11 Å². The molecule has 0 radical (unpaired) electrons. The number of rotatable bonds is 1. The second-order valence-corrected chi connectivity index (χ2v) is 6.94. The van der Waals surface area contributed by atoms with Crippen molar-refractivity contribution in [2.24, 2.45) is 0 Å². The molecule has 3 heteroatoms. The first kappa shape index (κ1) is 14.3. The Labute approximate surface area is 136 Å². The molecule has 0 saturated carbocycles. The number of aromatic nitrogens is 1. The Morgan fingerprint density at radius 1 is 1.09 bits per heavy atom. The monoisotopic (exact) mass is 307 g/mol. The highest BCUT2D eigenvalue weighted by Gasteiger charge is 2.38. The number of para-hydroxylation sites is 1. The van der Waals surface area contributed by atoms with Gasteiger partial charge in [0.15, 0.2) is 0 Å². The van der Waals surface area contributed by atoms with Crippen LogP contribution in [0.4, 0.5) is 0 Å². The summed E-state index contributed by atoms with van der Waals surface area (Å²) in [4.78, 5) is 0. The number of aromatic hydroxyl groups is 1. The van der Waals surface area contributed by atoms with Crippen molar-refractivity contribution in [1.29, 1.82) is 0 Å². The molecular weight excluding hydrogens is 286 g/mol. The van der Waals surface area contributed by atoms with Crippen LogP contribution >= 0.6 is 0 Å². The summed E-state index contributed by atoms with van der Waals surface area (Å²) in [6.45, 7) is 7.14. The zero-order valence-corrected chi connectivity index (χ0v) is 13.7. The van der Waals surface area contributed by atoms with Crippen molar-refractivity contribution in [3.05, 3.63) is 59.8 Å². The van der Waals surface area contributed by atoms with E-state index in [1.165, 1.54) is 5.69 Å². The van der Waals surface area contributed by atoms with Crippen LogP contribution in [0.3, 0.4) is 0 Å². The summed E-state index contributed by atoms with van der Waals surface area (Å²) in [6.07, 6.45) is -0.0289. The SMILES string of the molecule is CC1OCC(C)(C)c2c1c1c(O)cccc1n2-c1ccccc1. The number of ether oxygens (including phenoxy) is 1. The van der Waals surface area contributed by atoms with E-state index < -0.39 is 0 Å². The topological polar surface area (TPSA) is 34.4 Å². The molecule has 3 aromatic rings. The lowest BCUT2D eigenvalue weighted by Gasteiger charge is -2.35. The summed E-state index contributed by atoms with van der Waals surface area (Å²) in [5.74, 6) is 0.321. The van der Waals surface area contributed by atoms with Crippen molar-refractivity contribution < 1.29 is 9.84 Å². The lowest BCUT2D eigenvalue weighted by Crippen LogP contribution is -2.33. The molecule has 1 atom stereocenters. The van der Waals surface area contributed by atoms with Crippen LogP contribution in [-0.4, -0.2) is 16.3 Å². The Morgan fingerprint density at radius 3 is 2.57 bits per heavy atom. The summed E-state index contributed by atoms with van der Waals surface area (Å²) in [5, 5.41) is 11.4. The maximum atomic E-state index is 10.5. The van der Waals surface area contributed by atoms with E-state index in [0.717, 1.165) is 22.2 Å². The average molecular weight is 307 g/mol. The minimum Gasteiger partial charge on any atom is -0.507 e. The van der Waals surface area contributed by atoms with E-state index in [0.29, 0.717) is 12.4 Å². The molecule has 2 aromatic carbocycles. The maximum Gasteiger partial charge on any atom is 0.125 e. The summed E-state index contributed by atoms with van der Waals surface area (Å²) in [7, 11) is 0. The van der Waals surface area contributed by atoms with Gasteiger partial charge in [-0.3, -0.25) is 0 Å². The first-order valence-corrected chi connectivity index (χ1v) is 8.04. The molecule has 0 bridgehead atoms. The van der Waals surface area contributed by atoms with Crippen molar-refractivity contribution in [2.75, 3.05) is 6.61 Å². The minimum atomic E-state index is -0.122. The highest BCUT2D eigenvalue weighted by molar-refractivity contribution is 5.93. The molecule has 0 amide bonds. The second-order valence-electron chi connectivity index (χ2n) is 6.94. The standard InChI is InChI=1S/C20H21NO2/c1-13-17-18-15(10-7-11-16(18)22)21(14-8-5-4-6-9-14)19(17)20(2,3)12-23-13/h4-11,13,22H,12H2,1-3H3. The maximum absolute atomic E-state index is 10.5.